The van der Waals surface area contributed by atoms with E-state index in [4.69, 9.17) is 23.2 Å². The third-order valence-corrected chi connectivity index (χ3v) is 4.29. The fourth-order valence-electron chi connectivity index (χ4n) is 2.40. The molecular formula is C20H17Cl2N3O. The van der Waals surface area contributed by atoms with Crippen LogP contribution in [-0.4, -0.2) is 10.9 Å². The molecule has 0 fully saturated rings. The van der Waals surface area contributed by atoms with Gasteiger partial charge in [0.15, 0.2) is 0 Å². The Bertz CT molecular complexity index is 883. The number of benzene rings is 2. The highest BCUT2D eigenvalue weighted by molar-refractivity contribution is 6.35. The second-order valence-corrected chi connectivity index (χ2v) is 6.56. The highest BCUT2D eigenvalue weighted by Gasteiger charge is 2.06. The Balaban J connectivity index is 1.55. The molecule has 1 amide bonds. The molecule has 2 N–H and O–H groups in total. The number of anilines is 3. The number of nitrogens with zero attached hydrogens (tertiary/aromatic N) is 1. The number of carbonyl (C=O) groups is 1. The van der Waals surface area contributed by atoms with Gasteiger partial charge in [-0.2, -0.15) is 0 Å². The Hall–Kier alpha value is -2.56. The molecule has 0 aliphatic heterocycles. The van der Waals surface area contributed by atoms with Crippen molar-refractivity contribution in [2.24, 2.45) is 0 Å². The van der Waals surface area contributed by atoms with E-state index in [9.17, 15) is 4.79 Å². The average Bonchev–Trinajstić information content (AvgIpc) is 2.65. The zero-order valence-electron chi connectivity index (χ0n) is 13.9. The van der Waals surface area contributed by atoms with Crippen molar-refractivity contribution in [1.82, 2.24) is 4.98 Å². The Labute approximate surface area is 162 Å². The minimum absolute atomic E-state index is 0.0470. The summed E-state index contributed by atoms with van der Waals surface area (Å²) in [5, 5.41) is 7.08. The van der Waals surface area contributed by atoms with Crippen LogP contribution in [0.1, 0.15) is 12.0 Å². The zero-order chi connectivity index (χ0) is 18.4. The van der Waals surface area contributed by atoms with Crippen molar-refractivity contribution in [3.8, 4) is 0 Å². The van der Waals surface area contributed by atoms with E-state index in [0.29, 0.717) is 40.1 Å². The molecule has 6 heteroatoms. The van der Waals surface area contributed by atoms with Gasteiger partial charge < -0.3 is 10.6 Å². The van der Waals surface area contributed by atoms with Crippen molar-refractivity contribution < 1.29 is 4.79 Å². The fraction of sp³-hybridized carbons (Fsp3) is 0.100. The van der Waals surface area contributed by atoms with E-state index < -0.39 is 0 Å². The lowest BCUT2D eigenvalue weighted by molar-refractivity contribution is -0.116. The summed E-state index contributed by atoms with van der Waals surface area (Å²) in [6, 6.07) is 18.6. The van der Waals surface area contributed by atoms with E-state index in [-0.39, 0.29) is 5.91 Å². The van der Waals surface area contributed by atoms with Crippen molar-refractivity contribution in [3.05, 3.63) is 82.5 Å². The van der Waals surface area contributed by atoms with Crippen LogP contribution in [0.15, 0.2) is 66.9 Å². The molecule has 132 valence electrons. The number of rotatable bonds is 6. The van der Waals surface area contributed by atoms with Crippen molar-refractivity contribution in [1.29, 1.82) is 0 Å². The van der Waals surface area contributed by atoms with Gasteiger partial charge in [-0.1, -0.05) is 53.5 Å². The van der Waals surface area contributed by atoms with Gasteiger partial charge in [-0.15, -0.1) is 0 Å². The van der Waals surface area contributed by atoms with E-state index in [1.807, 2.05) is 30.3 Å². The maximum atomic E-state index is 12.1. The molecule has 0 spiro atoms. The fourth-order valence-corrected chi connectivity index (χ4v) is 2.74. The molecule has 1 heterocycles. The minimum atomic E-state index is -0.0470. The molecule has 3 aromatic rings. The number of halogens is 2. The predicted octanol–water partition coefficient (Wildman–Crippen LogP) is 5.70. The van der Waals surface area contributed by atoms with Crippen LogP contribution < -0.4 is 10.6 Å². The van der Waals surface area contributed by atoms with E-state index in [2.05, 4.69) is 15.6 Å². The second-order valence-electron chi connectivity index (χ2n) is 5.72. The van der Waals surface area contributed by atoms with Crippen LogP contribution >= 0.6 is 23.2 Å². The highest BCUT2D eigenvalue weighted by Crippen LogP contribution is 2.28. The second kappa shape index (κ2) is 8.70. The molecule has 0 aliphatic rings. The summed E-state index contributed by atoms with van der Waals surface area (Å²) in [6.45, 7) is 0. The number of hydrogen-bond donors (Lipinski definition) is 2. The first-order valence-electron chi connectivity index (χ1n) is 8.12. The van der Waals surface area contributed by atoms with Crippen LogP contribution in [0.25, 0.3) is 0 Å². The Morgan fingerprint density at radius 2 is 1.81 bits per heavy atom. The molecule has 0 saturated carbocycles. The van der Waals surface area contributed by atoms with Crippen LogP contribution in [0.4, 0.5) is 17.2 Å². The van der Waals surface area contributed by atoms with E-state index in [0.717, 1.165) is 5.56 Å². The average molecular weight is 386 g/mol. The number of amides is 1. The van der Waals surface area contributed by atoms with Crippen LogP contribution in [0.3, 0.4) is 0 Å². The molecular weight excluding hydrogens is 369 g/mol. The van der Waals surface area contributed by atoms with Crippen molar-refractivity contribution >= 4 is 46.3 Å². The van der Waals surface area contributed by atoms with Crippen LogP contribution in [0.5, 0.6) is 0 Å². The van der Waals surface area contributed by atoms with Gasteiger partial charge in [0.25, 0.3) is 0 Å². The van der Waals surface area contributed by atoms with Crippen molar-refractivity contribution in [2.75, 3.05) is 10.6 Å². The lowest BCUT2D eigenvalue weighted by Gasteiger charge is -2.09. The van der Waals surface area contributed by atoms with E-state index in [1.165, 1.54) is 0 Å². The number of pyridine rings is 1. The number of aryl methyl sites for hydroxylation is 1. The summed E-state index contributed by atoms with van der Waals surface area (Å²) in [6.07, 6.45) is 2.72. The lowest BCUT2D eigenvalue weighted by atomic mass is 10.1. The summed E-state index contributed by atoms with van der Waals surface area (Å²) < 4.78 is 0. The number of nitrogens with one attached hydrogen (secondary N) is 2. The predicted molar refractivity (Wildman–Crippen MR) is 107 cm³/mol. The summed E-state index contributed by atoms with van der Waals surface area (Å²) >= 11 is 12.1. The SMILES string of the molecule is O=C(CCc1ccccc1)Nc1ccc(Nc2cc(Cl)ccc2Cl)nc1. The topological polar surface area (TPSA) is 54.0 Å². The number of carbonyl (C=O) groups excluding carboxylic acids is 1. The molecule has 0 saturated heterocycles. The summed E-state index contributed by atoms with van der Waals surface area (Å²) in [4.78, 5) is 16.3. The van der Waals surface area contributed by atoms with Gasteiger partial charge in [0.05, 0.1) is 22.6 Å². The third kappa shape index (κ3) is 5.22. The minimum Gasteiger partial charge on any atom is -0.339 e. The first kappa shape index (κ1) is 18.2. The summed E-state index contributed by atoms with van der Waals surface area (Å²) in [7, 11) is 0. The van der Waals surface area contributed by atoms with Gasteiger partial charge in [0.1, 0.15) is 5.82 Å². The standard InChI is InChI=1S/C20H17Cl2N3O/c21-15-7-9-17(22)18(12-15)25-19-10-8-16(13-23-19)24-20(26)11-6-14-4-2-1-3-5-14/h1-5,7-10,12-13H,6,11H2,(H,23,25)(H,24,26). The number of aromatic nitrogens is 1. The van der Waals surface area contributed by atoms with Crippen LogP contribution in [0.2, 0.25) is 10.0 Å². The lowest BCUT2D eigenvalue weighted by Crippen LogP contribution is -2.12. The first-order valence-corrected chi connectivity index (χ1v) is 8.88. The highest BCUT2D eigenvalue weighted by atomic mass is 35.5. The van der Waals surface area contributed by atoms with Gasteiger partial charge in [-0.05, 0) is 42.3 Å². The van der Waals surface area contributed by atoms with Crippen LogP contribution in [0, 0.1) is 0 Å². The molecule has 0 radical (unpaired) electrons. The smallest absolute Gasteiger partial charge is 0.224 e. The normalized spacial score (nSPS) is 10.4. The van der Waals surface area contributed by atoms with Crippen molar-refractivity contribution in [3.63, 3.8) is 0 Å². The molecule has 26 heavy (non-hydrogen) atoms. The van der Waals surface area contributed by atoms with Crippen LogP contribution in [-0.2, 0) is 11.2 Å². The Kier molecular flexibility index (Phi) is 6.10. The Morgan fingerprint density at radius 3 is 2.54 bits per heavy atom. The van der Waals surface area contributed by atoms with Gasteiger partial charge in [0.2, 0.25) is 5.91 Å². The Morgan fingerprint density at radius 1 is 1.00 bits per heavy atom. The molecule has 0 unspecified atom stereocenters. The summed E-state index contributed by atoms with van der Waals surface area (Å²) in [5.74, 6) is 0.561. The van der Waals surface area contributed by atoms with E-state index in [1.54, 1.807) is 36.5 Å². The van der Waals surface area contributed by atoms with E-state index >= 15 is 0 Å². The van der Waals surface area contributed by atoms with Crippen molar-refractivity contribution in [2.45, 2.75) is 12.8 Å². The molecule has 2 aromatic carbocycles. The molecule has 0 atom stereocenters. The van der Waals surface area contributed by atoms with Gasteiger partial charge in [-0.25, -0.2) is 4.98 Å². The monoisotopic (exact) mass is 385 g/mol. The van der Waals surface area contributed by atoms with Gasteiger partial charge >= 0.3 is 0 Å². The quantitative estimate of drug-likeness (QED) is 0.571. The zero-order valence-corrected chi connectivity index (χ0v) is 15.4. The molecule has 1 aromatic heterocycles. The van der Waals surface area contributed by atoms with Gasteiger partial charge in [-0.3, -0.25) is 4.79 Å². The maximum Gasteiger partial charge on any atom is 0.224 e. The first-order chi connectivity index (χ1) is 12.6. The maximum absolute atomic E-state index is 12.1. The molecule has 3 rings (SSSR count). The number of hydrogen-bond acceptors (Lipinski definition) is 3. The molecule has 0 aliphatic carbocycles. The van der Waals surface area contributed by atoms with Gasteiger partial charge in [0, 0.05) is 11.4 Å². The largest absolute Gasteiger partial charge is 0.339 e. The third-order valence-electron chi connectivity index (χ3n) is 3.72. The summed E-state index contributed by atoms with van der Waals surface area (Å²) in [5.41, 5.74) is 2.45. The molecule has 0 bridgehead atoms. The molecule has 4 nitrogen and oxygen atoms in total.